The number of hydrogen-bond donors (Lipinski definition) is 0. The van der Waals surface area contributed by atoms with Crippen LogP contribution in [0.3, 0.4) is 0 Å². The molecule has 1 fully saturated rings. The molecule has 5 nitrogen and oxygen atoms in total. The molecular formula is C20H24N4O. The first-order valence-corrected chi connectivity index (χ1v) is 8.88. The number of hydrogen-bond acceptors (Lipinski definition) is 4. The molecule has 0 bridgehead atoms. The summed E-state index contributed by atoms with van der Waals surface area (Å²) in [5.41, 5.74) is 1.38. The molecule has 0 amide bonds. The first kappa shape index (κ1) is 16.2. The van der Waals surface area contributed by atoms with Crippen LogP contribution in [-0.4, -0.2) is 45.5 Å². The molecule has 3 aromatic rings. The molecule has 130 valence electrons. The number of fused-ring (bicyclic) bond motifs is 1. The summed E-state index contributed by atoms with van der Waals surface area (Å²) in [7, 11) is 0. The van der Waals surface area contributed by atoms with Crippen molar-refractivity contribution in [3.8, 4) is 0 Å². The highest BCUT2D eigenvalue weighted by molar-refractivity contribution is 5.85. The van der Waals surface area contributed by atoms with Crippen molar-refractivity contribution in [1.29, 1.82) is 0 Å². The zero-order chi connectivity index (χ0) is 17.2. The van der Waals surface area contributed by atoms with Crippen molar-refractivity contribution in [1.82, 2.24) is 19.7 Å². The van der Waals surface area contributed by atoms with Crippen LogP contribution in [0.1, 0.15) is 17.2 Å². The number of aryl methyl sites for hydroxylation is 2. The van der Waals surface area contributed by atoms with E-state index in [4.69, 9.17) is 4.74 Å². The van der Waals surface area contributed by atoms with Gasteiger partial charge in [0, 0.05) is 19.6 Å². The molecule has 2 aromatic carbocycles. The minimum atomic E-state index is 0.156. The van der Waals surface area contributed by atoms with E-state index in [0.29, 0.717) is 0 Å². The number of benzene rings is 2. The summed E-state index contributed by atoms with van der Waals surface area (Å²) in [6, 6.07) is 15.2. The van der Waals surface area contributed by atoms with E-state index < -0.39 is 0 Å². The molecule has 0 unspecified atom stereocenters. The SMILES string of the molecule is Cc1nc(C)n(C[C@H]2CN(Cc3cccc4ccccc34)CCO2)n1. The maximum absolute atomic E-state index is 5.97. The molecule has 4 rings (SSSR count). The van der Waals surface area contributed by atoms with Crippen LogP contribution < -0.4 is 0 Å². The van der Waals surface area contributed by atoms with Gasteiger partial charge in [-0.05, 0) is 30.2 Å². The lowest BCUT2D eigenvalue weighted by molar-refractivity contribution is -0.0404. The van der Waals surface area contributed by atoms with Gasteiger partial charge < -0.3 is 4.74 Å². The second-order valence-corrected chi connectivity index (χ2v) is 6.75. The molecule has 0 N–H and O–H groups in total. The highest BCUT2D eigenvalue weighted by atomic mass is 16.5. The van der Waals surface area contributed by atoms with Crippen LogP contribution in [0.15, 0.2) is 42.5 Å². The maximum Gasteiger partial charge on any atom is 0.147 e. The van der Waals surface area contributed by atoms with Gasteiger partial charge >= 0.3 is 0 Å². The van der Waals surface area contributed by atoms with Gasteiger partial charge in [0.25, 0.3) is 0 Å². The number of aromatic nitrogens is 3. The number of morpholine rings is 1. The van der Waals surface area contributed by atoms with Crippen LogP contribution in [0.2, 0.25) is 0 Å². The third-order valence-electron chi connectivity index (χ3n) is 4.84. The Morgan fingerprint density at radius 2 is 1.96 bits per heavy atom. The average Bonchev–Trinajstić information content (AvgIpc) is 2.93. The van der Waals surface area contributed by atoms with Gasteiger partial charge in [-0.2, -0.15) is 5.10 Å². The maximum atomic E-state index is 5.97. The summed E-state index contributed by atoms with van der Waals surface area (Å²) < 4.78 is 7.93. The summed E-state index contributed by atoms with van der Waals surface area (Å²) in [5, 5.41) is 7.11. The van der Waals surface area contributed by atoms with Gasteiger partial charge in [-0.25, -0.2) is 9.67 Å². The Morgan fingerprint density at radius 3 is 2.80 bits per heavy atom. The van der Waals surface area contributed by atoms with Crippen molar-refractivity contribution in [3.63, 3.8) is 0 Å². The lowest BCUT2D eigenvalue weighted by atomic mass is 10.0. The summed E-state index contributed by atoms with van der Waals surface area (Å²) in [6.45, 7) is 8.29. The van der Waals surface area contributed by atoms with Crippen LogP contribution in [0.25, 0.3) is 10.8 Å². The molecule has 1 atom stereocenters. The quantitative estimate of drug-likeness (QED) is 0.735. The van der Waals surface area contributed by atoms with Crippen molar-refractivity contribution in [2.24, 2.45) is 0 Å². The summed E-state index contributed by atoms with van der Waals surface area (Å²) in [5.74, 6) is 1.77. The number of nitrogens with zero attached hydrogens (tertiary/aromatic N) is 4. The van der Waals surface area contributed by atoms with E-state index in [1.807, 2.05) is 18.5 Å². The van der Waals surface area contributed by atoms with Crippen molar-refractivity contribution >= 4 is 10.8 Å². The van der Waals surface area contributed by atoms with E-state index in [0.717, 1.165) is 44.4 Å². The molecule has 2 heterocycles. The first-order valence-electron chi connectivity index (χ1n) is 8.88. The smallest absolute Gasteiger partial charge is 0.147 e. The van der Waals surface area contributed by atoms with Gasteiger partial charge in [-0.1, -0.05) is 42.5 Å². The molecule has 0 aliphatic carbocycles. The molecule has 0 radical (unpaired) electrons. The van der Waals surface area contributed by atoms with Crippen molar-refractivity contribution < 1.29 is 4.74 Å². The monoisotopic (exact) mass is 336 g/mol. The molecule has 1 aliphatic rings. The summed E-state index contributed by atoms with van der Waals surface area (Å²) >= 11 is 0. The lowest BCUT2D eigenvalue weighted by Gasteiger charge is -2.33. The normalized spacial score (nSPS) is 18.7. The van der Waals surface area contributed by atoms with E-state index in [-0.39, 0.29) is 6.10 Å². The van der Waals surface area contributed by atoms with Crippen molar-refractivity contribution in [2.75, 3.05) is 19.7 Å². The predicted octanol–water partition coefficient (Wildman–Crippen LogP) is 2.95. The standard InChI is InChI=1S/C20H24N4O/c1-15-21-16(2)24(22-15)14-19-13-23(10-11-25-19)12-18-8-5-7-17-6-3-4-9-20(17)18/h3-9,19H,10-14H2,1-2H3/t19-/m1/s1. The van der Waals surface area contributed by atoms with Crippen LogP contribution in [-0.2, 0) is 17.8 Å². The minimum Gasteiger partial charge on any atom is -0.374 e. The Balaban J connectivity index is 1.47. The molecule has 1 saturated heterocycles. The molecular weight excluding hydrogens is 312 g/mol. The third kappa shape index (κ3) is 3.57. The lowest BCUT2D eigenvalue weighted by Crippen LogP contribution is -2.44. The van der Waals surface area contributed by atoms with E-state index in [1.165, 1.54) is 16.3 Å². The van der Waals surface area contributed by atoms with E-state index in [9.17, 15) is 0 Å². The van der Waals surface area contributed by atoms with Crippen LogP contribution in [0.4, 0.5) is 0 Å². The fourth-order valence-electron chi connectivity index (χ4n) is 3.63. The zero-order valence-corrected chi connectivity index (χ0v) is 14.9. The van der Waals surface area contributed by atoms with Crippen molar-refractivity contribution in [3.05, 3.63) is 59.7 Å². The van der Waals surface area contributed by atoms with Crippen LogP contribution in [0.5, 0.6) is 0 Å². The third-order valence-corrected chi connectivity index (χ3v) is 4.84. The second-order valence-electron chi connectivity index (χ2n) is 6.75. The molecule has 1 aliphatic heterocycles. The molecule has 1 aromatic heterocycles. The Labute approximate surface area is 148 Å². The van der Waals surface area contributed by atoms with Crippen molar-refractivity contribution in [2.45, 2.75) is 33.0 Å². The van der Waals surface area contributed by atoms with E-state index in [2.05, 4.69) is 57.4 Å². The second kappa shape index (κ2) is 6.94. The zero-order valence-electron chi connectivity index (χ0n) is 14.9. The summed E-state index contributed by atoms with van der Waals surface area (Å²) in [4.78, 5) is 6.86. The molecule has 0 saturated carbocycles. The van der Waals surface area contributed by atoms with Gasteiger partial charge in [0.1, 0.15) is 11.6 Å². The Morgan fingerprint density at radius 1 is 1.12 bits per heavy atom. The van der Waals surface area contributed by atoms with Gasteiger partial charge in [-0.3, -0.25) is 4.90 Å². The Kier molecular flexibility index (Phi) is 4.51. The van der Waals surface area contributed by atoms with Crippen LogP contribution >= 0.6 is 0 Å². The number of ether oxygens (including phenoxy) is 1. The number of rotatable bonds is 4. The Hall–Kier alpha value is -2.24. The predicted molar refractivity (Wildman–Crippen MR) is 98.5 cm³/mol. The van der Waals surface area contributed by atoms with Gasteiger partial charge in [0.05, 0.1) is 19.3 Å². The molecule has 25 heavy (non-hydrogen) atoms. The highest BCUT2D eigenvalue weighted by Gasteiger charge is 2.22. The van der Waals surface area contributed by atoms with E-state index in [1.54, 1.807) is 0 Å². The first-order chi connectivity index (χ1) is 12.2. The summed E-state index contributed by atoms with van der Waals surface area (Å²) in [6.07, 6.45) is 0.156. The molecule has 5 heteroatoms. The van der Waals surface area contributed by atoms with Gasteiger partial charge in [0.2, 0.25) is 0 Å². The largest absolute Gasteiger partial charge is 0.374 e. The van der Waals surface area contributed by atoms with Crippen LogP contribution in [0, 0.1) is 13.8 Å². The average molecular weight is 336 g/mol. The van der Waals surface area contributed by atoms with Gasteiger partial charge in [0.15, 0.2) is 0 Å². The topological polar surface area (TPSA) is 43.2 Å². The minimum absolute atomic E-state index is 0.156. The fraction of sp³-hybridized carbons (Fsp3) is 0.400. The fourth-order valence-corrected chi connectivity index (χ4v) is 3.63. The van der Waals surface area contributed by atoms with Gasteiger partial charge in [-0.15, -0.1) is 0 Å². The molecule has 0 spiro atoms. The Bertz CT molecular complexity index is 868. The highest BCUT2D eigenvalue weighted by Crippen LogP contribution is 2.21. The van der Waals surface area contributed by atoms with E-state index >= 15 is 0 Å².